The van der Waals surface area contributed by atoms with Crippen LogP contribution in [0.3, 0.4) is 0 Å². The molecule has 0 bridgehead atoms. The molecule has 1 aliphatic heterocycles. The van der Waals surface area contributed by atoms with E-state index in [0.717, 1.165) is 13.2 Å². The Morgan fingerprint density at radius 3 is 1.75 bits per heavy atom. The van der Waals surface area contributed by atoms with Gasteiger partial charge in [0, 0.05) is 18.9 Å². The van der Waals surface area contributed by atoms with Crippen LogP contribution in [0.1, 0.15) is 27.7 Å². The van der Waals surface area contributed by atoms with Crippen LogP contribution in [0.25, 0.3) is 0 Å². The molecular weight excluding hydrogens is 152 g/mol. The minimum absolute atomic E-state index is 0.397. The van der Waals surface area contributed by atoms with Gasteiger partial charge in [0.1, 0.15) is 0 Å². The maximum absolute atomic E-state index is 5.35. The monoisotopic (exact) mass is 174 g/mol. The fourth-order valence-electron chi connectivity index (χ4n) is 1.65. The Hall–Kier alpha value is -0.0800. The number of methoxy groups -OCH3 is 1. The van der Waals surface area contributed by atoms with Gasteiger partial charge in [-0.25, -0.2) is 0 Å². The lowest BCUT2D eigenvalue weighted by Gasteiger charge is -2.33. The highest BCUT2D eigenvalue weighted by molar-refractivity contribution is 4.75. The van der Waals surface area contributed by atoms with Crippen LogP contribution in [0.4, 0.5) is 0 Å². The zero-order chi connectivity index (χ0) is 9.56. The molecule has 1 aliphatic rings. The average Bonchev–Trinajstić information content (AvgIpc) is 2.08. The summed E-state index contributed by atoms with van der Waals surface area (Å²) in [6.07, 6.45) is 0.397. The van der Waals surface area contributed by atoms with Crippen molar-refractivity contribution in [2.24, 2.45) is 11.8 Å². The molecule has 74 valence electrons. The number of ether oxygens (including phenoxy) is 2. The highest BCUT2D eigenvalue weighted by Gasteiger charge is 2.27. The van der Waals surface area contributed by atoms with E-state index in [-0.39, 0.29) is 0 Å². The summed E-state index contributed by atoms with van der Waals surface area (Å²) >= 11 is 0. The van der Waals surface area contributed by atoms with Crippen molar-refractivity contribution < 1.29 is 9.47 Å². The van der Waals surface area contributed by atoms with Gasteiger partial charge >= 0.3 is 0 Å². The summed E-state index contributed by atoms with van der Waals surface area (Å²) in [4.78, 5) is 0. The lowest BCUT2D eigenvalue weighted by molar-refractivity contribution is -0.0859. The maximum atomic E-state index is 5.35. The van der Waals surface area contributed by atoms with E-state index < -0.39 is 0 Å². The minimum atomic E-state index is 0.397. The molecule has 2 heteroatoms. The third kappa shape index (κ3) is 3.11. The standard InChI is InChI=1S/C8H16O2.C2H6/c1-6-4-10-5-7(2)8(6)9-3;1-2/h6-8H,4-5H2,1-3H3;1-2H3. The summed E-state index contributed by atoms with van der Waals surface area (Å²) in [6.45, 7) is 10.0. The highest BCUT2D eigenvalue weighted by Crippen LogP contribution is 2.21. The first kappa shape index (κ1) is 11.9. The molecular formula is C10H22O2. The van der Waals surface area contributed by atoms with Crippen molar-refractivity contribution in [2.75, 3.05) is 20.3 Å². The summed E-state index contributed by atoms with van der Waals surface area (Å²) in [5, 5.41) is 0. The van der Waals surface area contributed by atoms with Crippen LogP contribution in [0.15, 0.2) is 0 Å². The summed E-state index contributed by atoms with van der Waals surface area (Å²) in [5.41, 5.74) is 0. The van der Waals surface area contributed by atoms with E-state index in [1.54, 1.807) is 7.11 Å². The molecule has 2 nitrogen and oxygen atoms in total. The van der Waals surface area contributed by atoms with E-state index in [1.807, 2.05) is 13.8 Å². The minimum Gasteiger partial charge on any atom is -0.381 e. The second kappa shape index (κ2) is 6.44. The van der Waals surface area contributed by atoms with Gasteiger partial charge in [-0.15, -0.1) is 0 Å². The Morgan fingerprint density at radius 2 is 1.50 bits per heavy atom. The van der Waals surface area contributed by atoms with Crippen molar-refractivity contribution in [2.45, 2.75) is 33.8 Å². The average molecular weight is 174 g/mol. The number of hydrogen-bond acceptors (Lipinski definition) is 2. The van der Waals surface area contributed by atoms with Gasteiger partial charge in [-0.2, -0.15) is 0 Å². The van der Waals surface area contributed by atoms with Crippen molar-refractivity contribution in [3.05, 3.63) is 0 Å². The van der Waals surface area contributed by atoms with Gasteiger partial charge in [0.25, 0.3) is 0 Å². The van der Waals surface area contributed by atoms with Crippen LogP contribution in [-0.4, -0.2) is 26.4 Å². The quantitative estimate of drug-likeness (QED) is 0.607. The first-order chi connectivity index (χ1) is 5.75. The highest BCUT2D eigenvalue weighted by atomic mass is 16.5. The molecule has 1 fully saturated rings. The van der Waals surface area contributed by atoms with E-state index in [2.05, 4.69) is 13.8 Å². The second-order valence-corrected chi connectivity index (χ2v) is 3.19. The summed E-state index contributed by atoms with van der Waals surface area (Å²) in [5.74, 6) is 1.10. The topological polar surface area (TPSA) is 18.5 Å². The molecule has 2 atom stereocenters. The van der Waals surface area contributed by atoms with Gasteiger partial charge in [0.15, 0.2) is 0 Å². The third-order valence-electron chi connectivity index (χ3n) is 2.16. The molecule has 2 unspecified atom stereocenters. The fraction of sp³-hybridized carbons (Fsp3) is 1.00. The van der Waals surface area contributed by atoms with Crippen LogP contribution in [0.5, 0.6) is 0 Å². The molecule has 12 heavy (non-hydrogen) atoms. The molecule has 1 rings (SSSR count). The summed E-state index contributed by atoms with van der Waals surface area (Å²) in [7, 11) is 1.78. The van der Waals surface area contributed by atoms with Crippen LogP contribution in [-0.2, 0) is 9.47 Å². The van der Waals surface area contributed by atoms with E-state index in [1.165, 1.54) is 0 Å². The lowest BCUT2D eigenvalue weighted by atomic mass is 9.92. The molecule has 0 aromatic heterocycles. The Kier molecular flexibility index (Phi) is 6.39. The molecule has 0 radical (unpaired) electrons. The van der Waals surface area contributed by atoms with E-state index >= 15 is 0 Å². The molecule has 1 saturated heterocycles. The third-order valence-corrected chi connectivity index (χ3v) is 2.16. The van der Waals surface area contributed by atoms with Crippen molar-refractivity contribution in [3.8, 4) is 0 Å². The van der Waals surface area contributed by atoms with Gasteiger partial charge in [0.2, 0.25) is 0 Å². The molecule has 0 spiro atoms. The molecule has 0 amide bonds. The zero-order valence-electron chi connectivity index (χ0n) is 8.96. The summed E-state index contributed by atoms with van der Waals surface area (Å²) < 4.78 is 10.7. The first-order valence-electron chi connectivity index (χ1n) is 4.86. The molecule has 0 aliphatic carbocycles. The second-order valence-electron chi connectivity index (χ2n) is 3.19. The van der Waals surface area contributed by atoms with Crippen molar-refractivity contribution in [1.82, 2.24) is 0 Å². The predicted molar refractivity (Wildman–Crippen MR) is 51.3 cm³/mol. The number of hydrogen-bond donors (Lipinski definition) is 0. The van der Waals surface area contributed by atoms with Crippen LogP contribution < -0.4 is 0 Å². The van der Waals surface area contributed by atoms with Crippen LogP contribution in [0, 0.1) is 11.8 Å². The Balaban J connectivity index is 0.000000561. The van der Waals surface area contributed by atoms with Crippen LogP contribution >= 0.6 is 0 Å². The van der Waals surface area contributed by atoms with Gasteiger partial charge in [-0.3, -0.25) is 0 Å². The lowest BCUT2D eigenvalue weighted by Crippen LogP contribution is -2.38. The van der Waals surface area contributed by atoms with Gasteiger partial charge < -0.3 is 9.47 Å². The molecule has 0 saturated carbocycles. The van der Waals surface area contributed by atoms with Crippen molar-refractivity contribution >= 4 is 0 Å². The van der Waals surface area contributed by atoms with E-state index in [0.29, 0.717) is 17.9 Å². The largest absolute Gasteiger partial charge is 0.381 e. The Labute approximate surface area is 76.3 Å². The fourth-order valence-corrected chi connectivity index (χ4v) is 1.65. The van der Waals surface area contributed by atoms with E-state index in [4.69, 9.17) is 9.47 Å². The zero-order valence-corrected chi connectivity index (χ0v) is 8.96. The molecule has 0 aromatic rings. The molecule has 1 heterocycles. The first-order valence-corrected chi connectivity index (χ1v) is 4.86. The Morgan fingerprint density at radius 1 is 1.08 bits per heavy atom. The van der Waals surface area contributed by atoms with E-state index in [9.17, 15) is 0 Å². The number of rotatable bonds is 1. The molecule has 0 N–H and O–H groups in total. The van der Waals surface area contributed by atoms with Gasteiger partial charge in [0.05, 0.1) is 19.3 Å². The predicted octanol–water partition coefficient (Wildman–Crippen LogP) is 2.33. The smallest absolute Gasteiger partial charge is 0.0666 e. The maximum Gasteiger partial charge on any atom is 0.0666 e. The summed E-state index contributed by atoms with van der Waals surface area (Å²) in [6, 6.07) is 0. The van der Waals surface area contributed by atoms with Gasteiger partial charge in [-0.1, -0.05) is 27.7 Å². The van der Waals surface area contributed by atoms with Crippen molar-refractivity contribution in [3.63, 3.8) is 0 Å². The van der Waals surface area contributed by atoms with Crippen LogP contribution in [0.2, 0.25) is 0 Å². The molecule has 0 aromatic carbocycles. The Bertz CT molecular complexity index is 94.0. The van der Waals surface area contributed by atoms with Gasteiger partial charge in [-0.05, 0) is 0 Å². The van der Waals surface area contributed by atoms with Crippen molar-refractivity contribution in [1.29, 1.82) is 0 Å². The SMILES string of the molecule is CC.COC1C(C)COCC1C. The normalized spacial score (nSPS) is 35.2.